The number of thioether (sulfide) groups is 1. The minimum absolute atomic E-state index is 0.168. The number of nitrogens with one attached hydrogen (secondary N) is 1. The molecule has 1 aliphatic rings. The average Bonchev–Trinajstić information content (AvgIpc) is 3.16. The molecule has 1 N–H and O–H groups in total. The molecule has 1 fully saturated rings. The van der Waals surface area contributed by atoms with Gasteiger partial charge in [-0.2, -0.15) is 0 Å². The van der Waals surface area contributed by atoms with Gasteiger partial charge in [0.1, 0.15) is 24.7 Å². The number of imide groups is 1. The summed E-state index contributed by atoms with van der Waals surface area (Å²) >= 11 is 6.72. The van der Waals surface area contributed by atoms with Crippen molar-refractivity contribution < 1.29 is 23.5 Å². The molecule has 6 nitrogen and oxygen atoms in total. The van der Waals surface area contributed by atoms with E-state index in [2.05, 4.69) is 5.32 Å². The van der Waals surface area contributed by atoms with Crippen LogP contribution in [0, 0.1) is 5.82 Å². The van der Waals surface area contributed by atoms with Crippen LogP contribution in [0.1, 0.15) is 11.1 Å². The number of benzene rings is 4. The van der Waals surface area contributed by atoms with Gasteiger partial charge in [0.25, 0.3) is 11.1 Å². The maximum atomic E-state index is 13.4. The summed E-state index contributed by atoms with van der Waals surface area (Å²) in [6.07, 6.45) is 1.62. The molecule has 9 heteroatoms. The summed E-state index contributed by atoms with van der Waals surface area (Å²) in [4.78, 5) is 39.3. The van der Waals surface area contributed by atoms with Gasteiger partial charge >= 0.3 is 0 Å². The average molecular weight is 547 g/mol. The molecule has 0 aliphatic carbocycles. The summed E-state index contributed by atoms with van der Waals surface area (Å²) < 4.78 is 19.5. The van der Waals surface area contributed by atoms with Crippen LogP contribution in [0.25, 0.3) is 16.8 Å². The van der Waals surface area contributed by atoms with Gasteiger partial charge in [-0.3, -0.25) is 19.3 Å². The number of anilines is 1. The first-order valence-corrected chi connectivity index (χ1v) is 12.8. The van der Waals surface area contributed by atoms with E-state index in [0.717, 1.165) is 39.1 Å². The Morgan fingerprint density at radius 2 is 1.79 bits per heavy atom. The van der Waals surface area contributed by atoms with Crippen molar-refractivity contribution in [1.82, 2.24) is 4.90 Å². The quantitative estimate of drug-likeness (QED) is 0.256. The molecule has 0 aromatic heterocycles. The Hall–Kier alpha value is -4.14. The van der Waals surface area contributed by atoms with Crippen LogP contribution in [-0.2, 0) is 16.2 Å². The van der Waals surface area contributed by atoms with Crippen molar-refractivity contribution in [3.63, 3.8) is 0 Å². The lowest BCUT2D eigenvalue weighted by Crippen LogP contribution is -2.36. The van der Waals surface area contributed by atoms with Gasteiger partial charge in [0.05, 0.1) is 4.91 Å². The Balaban J connectivity index is 1.39. The maximum absolute atomic E-state index is 13.4. The number of fused-ring (bicyclic) bond motifs is 1. The molecular formula is C29H20ClFN2O4S. The van der Waals surface area contributed by atoms with Crippen molar-refractivity contribution in [3.05, 3.63) is 112 Å². The second kappa shape index (κ2) is 11.1. The van der Waals surface area contributed by atoms with Gasteiger partial charge in [0, 0.05) is 16.3 Å². The molecule has 0 unspecified atom stereocenters. The summed E-state index contributed by atoms with van der Waals surface area (Å²) in [7, 11) is 0. The second-order valence-corrected chi connectivity index (χ2v) is 9.87. The van der Waals surface area contributed by atoms with Gasteiger partial charge in [-0.15, -0.1) is 0 Å². The van der Waals surface area contributed by atoms with Gasteiger partial charge in [0.2, 0.25) is 5.91 Å². The smallest absolute Gasteiger partial charge is 0.294 e. The molecule has 4 aromatic carbocycles. The van der Waals surface area contributed by atoms with E-state index in [9.17, 15) is 18.8 Å². The third-order valence-electron chi connectivity index (χ3n) is 5.80. The summed E-state index contributed by atoms with van der Waals surface area (Å²) in [5, 5.41) is 4.34. The largest absolute Gasteiger partial charge is 0.488 e. The number of ether oxygens (including phenoxy) is 1. The van der Waals surface area contributed by atoms with Crippen molar-refractivity contribution in [2.75, 3.05) is 11.9 Å². The summed E-state index contributed by atoms with van der Waals surface area (Å²) in [6, 6.07) is 24.0. The van der Waals surface area contributed by atoms with Crippen molar-refractivity contribution in [1.29, 1.82) is 0 Å². The topological polar surface area (TPSA) is 75.7 Å². The molecule has 0 saturated carbocycles. The van der Waals surface area contributed by atoms with Crippen LogP contribution >= 0.6 is 23.4 Å². The number of amides is 3. The van der Waals surface area contributed by atoms with Crippen molar-refractivity contribution in [2.45, 2.75) is 6.61 Å². The Labute approximate surface area is 227 Å². The zero-order valence-corrected chi connectivity index (χ0v) is 21.4. The number of halogens is 2. The molecule has 38 heavy (non-hydrogen) atoms. The fourth-order valence-corrected chi connectivity index (χ4v) is 4.92. The minimum atomic E-state index is -0.615. The normalized spacial score (nSPS) is 14.4. The number of carbonyl (C=O) groups excluding carboxylic acids is 3. The van der Waals surface area contributed by atoms with E-state index >= 15 is 0 Å². The Morgan fingerprint density at radius 3 is 2.58 bits per heavy atom. The van der Waals surface area contributed by atoms with E-state index in [1.54, 1.807) is 18.2 Å². The molecule has 0 spiro atoms. The first-order chi connectivity index (χ1) is 18.4. The van der Waals surface area contributed by atoms with Crippen LogP contribution in [0.2, 0.25) is 5.02 Å². The maximum Gasteiger partial charge on any atom is 0.294 e. The lowest BCUT2D eigenvalue weighted by molar-refractivity contribution is -0.127. The van der Waals surface area contributed by atoms with E-state index < -0.39 is 29.4 Å². The Morgan fingerprint density at radius 1 is 1.00 bits per heavy atom. The fourth-order valence-electron chi connectivity index (χ4n) is 3.97. The number of hydrogen-bond donors (Lipinski definition) is 1. The van der Waals surface area contributed by atoms with Gasteiger partial charge < -0.3 is 10.1 Å². The highest BCUT2D eigenvalue weighted by atomic mass is 35.5. The predicted molar refractivity (Wildman–Crippen MR) is 147 cm³/mol. The number of rotatable bonds is 7. The van der Waals surface area contributed by atoms with Crippen molar-refractivity contribution in [2.24, 2.45) is 0 Å². The second-order valence-electron chi connectivity index (χ2n) is 8.44. The molecule has 0 bridgehead atoms. The van der Waals surface area contributed by atoms with Crippen molar-refractivity contribution in [3.8, 4) is 5.75 Å². The molecule has 1 aliphatic heterocycles. The van der Waals surface area contributed by atoms with E-state index in [4.69, 9.17) is 16.3 Å². The monoisotopic (exact) mass is 546 g/mol. The molecule has 1 heterocycles. The van der Waals surface area contributed by atoms with Crippen LogP contribution in [-0.4, -0.2) is 28.5 Å². The van der Waals surface area contributed by atoms with E-state index in [0.29, 0.717) is 16.3 Å². The van der Waals surface area contributed by atoms with Gasteiger partial charge in [-0.05, 0) is 70.6 Å². The highest BCUT2D eigenvalue weighted by Gasteiger charge is 2.36. The minimum Gasteiger partial charge on any atom is -0.488 e. The molecule has 1 saturated heterocycles. The van der Waals surface area contributed by atoms with Gasteiger partial charge in [-0.25, -0.2) is 4.39 Å². The van der Waals surface area contributed by atoms with E-state index in [1.165, 1.54) is 18.2 Å². The number of carbonyl (C=O) groups is 3. The van der Waals surface area contributed by atoms with Crippen molar-refractivity contribution >= 4 is 63.0 Å². The third-order valence-corrected chi connectivity index (χ3v) is 6.96. The Kier molecular flexibility index (Phi) is 7.44. The van der Waals surface area contributed by atoms with Gasteiger partial charge in [0.15, 0.2) is 0 Å². The fraction of sp³-hybridized carbons (Fsp3) is 0.0690. The lowest BCUT2D eigenvalue weighted by atomic mass is 10.0. The number of hydrogen-bond acceptors (Lipinski definition) is 5. The molecule has 5 rings (SSSR count). The summed E-state index contributed by atoms with van der Waals surface area (Å²) in [5.74, 6) is -1.18. The molecule has 0 atom stereocenters. The summed E-state index contributed by atoms with van der Waals surface area (Å²) in [5.41, 5.74) is 1.79. The van der Waals surface area contributed by atoms with Crippen LogP contribution < -0.4 is 10.1 Å². The van der Waals surface area contributed by atoms with Crippen LogP contribution in [0.4, 0.5) is 14.9 Å². The van der Waals surface area contributed by atoms with Crippen LogP contribution in [0.3, 0.4) is 0 Å². The lowest BCUT2D eigenvalue weighted by Gasteiger charge is -2.13. The SMILES string of the molecule is O=C(CN1C(=O)S/C(=C/c2c(OCc3ccc(Cl)cc3)ccc3ccccc23)C1=O)Nc1cccc(F)c1. The highest BCUT2D eigenvalue weighted by molar-refractivity contribution is 8.18. The van der Waals surface area contributed by atoms with E-state index in [-0.39, 0.29) is 17.2 Å². The van der Waals surface area contributed by atoms with Gasteiger partial charge in [-0.1, -0.05) is 60.1 Å². The van der Waals surface area contributed by atoms with Crippen LogP contribution in [0.15, 0.2) is 89.8 Å². The third kappa shape index (κ3) is 5.72. The number of nitrogens with zero attached hydrogens (tertiary/aromatic N) is 1. The first-order valence-electron chi connectivity index (χ1n) is 11.6. The Bertz CT molecular complexity index is 1590. The molecule has 190 valence electrons. The summed E-state index contributed by atoms with van der Waals surface area (Å²) in [6.45, 7) is -0.216. The zero-order valence-electron chi connectivity index (χ0n) is 19.8. The zero-order chi connectivity index (χ0) is 26.6. The van der Waals surface area contributed by atoms with E-state index in [1.807, 2.05) is 48.5 Å². The molecule has 4 aromatic rings. The highest BCUT2D eigenvalue weighted by Crippen LogP contribution is 2.37. The molecule has 3 amide bonds. The molecular weight excluding hydrogens is 527 g/mol. The van der Waals surface area contributed by atoms with Crippen LogP contribution in [0.5, 0.6) is 5.75 Å². The standard InChI is InChI=1S/C29H20ClFN2O4S/c30-20-11-8-18(9-12-20)17-37-25-13-10-19-4-1-2-7-23(19)24(25)15-26-28(35)33(29(36)38-26)16-27(34)32-22-6-3-5-21(31)14-22/h1-15H,16-17H2,(H,32,34)/b26-15+. The first kappa shape index (κ1) is 25.5. The predicted octanol–water partition coefficient (Wildman–Crippen LogP) is 6.89. The molecule has 0 radical (unpaired) electrons.